The van der Waals surface area contributed by atoms with Crippen molar-refractivity contribution in [3.63, 3.8) is 0 Å². The number of rotatable bonds is 7. The summed E-state index contributed by atoms with van der Waals surface area (Å²) in [6, 6.07) is 5.72. The van der Waals surface area contributed by atoms with Gasteiger partial charge in [-0.1, -0.05) is 19.9 Å². The van der Waals surface area contributed by atoms with Crippen molar-refractivity contribution in [3.05, 3.63) is 30.1 Å². The van der Waals surface area contributed by atoms with Crippen molar-refractivity contribution in [1.29, 1.82) is 0 Å². The van der Waals surface area contributed by atoms with E-state index in [1.807, 2.05) is 18.2 Å². The van der Waals surface area contributed by atoms with E-state index in [1.165, 1.54) is 0 Å². The Balaban J connectivity index is 2.21. The number of hydrogen-bond acceptors (Lipinski definition) is 4. The molecule has 1 amide bonds. The Hall–Kier alpha value is -1.46. The van der Waals surface area contributed by atoms with E-state index in [-0.39, 0.29) is 5.91 Å². The fourth-order valence-corrected chi connectivity index (χ4v) is 3.20. The van der Waals surface area contributed by atoms with Crippen molar-refractivity contribution < 1.29 is 9.53 Å². The minimum absolute atomic E-state index is 0.270. The quantitative estimate of drug-likeness (QED) is 0.830. The molecule has 0 aliphatic carbocycles. The van der Waals surface area contributed by atoms with Gasteiger partial charge in [-0.3, -0.25) is 14.7 Å². The summed E-state index contributed by atoms with van der Waals surface area (Å²) < 4.78 is 5.38. The molecule has 122 valence electrons. The molecule has 2 rings (SSSR count). The first-order chi connectivity index (χ1) is 10.5. The van der Waals surface area contributed by atoms with Crippen LogP contribution in [0.1, 0.15) is 32.4 Å². The molecule has 1 saturated heterocycles. The topological polar surface area (TPSA) is 68.5 Å². The molecule has 1 aliphatic heterocycles. The normalized spacial score (nSPS) is 19.0. The lowest BCUT2D eigenvalue weighted by Crippen LogP contribution is -2.47. The van der Waals surface area contributed by atoms with Gasteiger partial charge in [-0.25, -0.2) is 0 Å². The molecular formula is C17H27N3O2. The molecule has 22 heavy (non-hydrogen) atoms. The summed E-state index contributed by atoms with van der Waals surface area (Å²) in [4.78, 5) is 19.2. The van der Waals surface area contributed by atoms with Crippen molar-refractivity contribution in [2.45, 2.75) is 32.1 Å². The maximum absolute atomic E-state index is 12.4. The zero-order valence-electron chi connectivity index (χ0n) is 13.6. The van der Waals surface area contributed by atoms with Crippen molar-refractivity contribution in [3.8, 4) is 0 Å². The number of nitrogens with zero attached hydrogens (tertiary/aromatic N) is 2. The number of hydrogen-bond donors (Lipinski definition) is 1. The van der Waals surface area contributed by atoms with E-state index in [4.69, 9.17) is 10.5 Å². The number of nitrogens with two attached hydrogens (primary N) is 1. The molecule has 5 heteroatoms. The van der Waals surface area contributed by atoms with E-state index in [9.17, 15) is 4.79 Å². The van der Waals surface area contributed by atoms with Crippen molar-refractivity contribution in [1.82, 2.24) is 9.88 Å². The van der Waals surface area contributed by atoms with Crippen LogP contribution in [0.5, 0.6) is 0 Å². The minimum Gasteiger partial charge on any atom is -0.379 e. The first-order valence-corrected chi connectivity index (χ1v) is 8.06. The number of amides is 1. The third kappa shape index (κ3) is 4.05. The van der Waals surface area contributed by atoms with Gasteiger partial charge in [0.1, 0.15) is 0 Å². The van der Waals surface area contributed by atoms with E-state index in [2.05, 4.69) is 23.7 Å². The van der Waals surface area contributed by atoms with Gasteiger partial charge in [-0.15, -0.1) is 0 Å². The van der Waals surface area contributed by atoms with Crippen LogP contribution in [0.4, 0.5) is 0 Å². The van der Waals surface area contributed by atoms with Crippen molar-refractivity contribution in [2.75, 3.05) is 32.8 Å². The van der Waals surface area contributed by atoms with Gasteiger partial charge in [0.05, 0.1) is 24.3 Å². The summed E-state index contributed by atoms with van der Waals surface area (Å²) >= 11 is 0. The Kier molecular flexibility index (Phi) is 5.91. The average Bonchev–Trinajstić information content (AvgIpc) is 2.52. The van der Waals surface area contributed by atoms with Gasteiger partial charge in [0.25, 0.3) is 0 Å². The smallest absolute Gasteiger partial charge is 0.229 e. The standard InChI is InChI=1S/C17H27N3O2/c1-14(2)13-17(16(18)21,15-5-3-4-7-19-15)6-8-20-9-11-22-12-10-20/h3-5,7,14H,6,8-13H2,1-2H3,(H2,18,21)/t17-/m0/s1. The Labute approximate surface area is 132 Å². The Morgan fingerprint density at radius 1 is 1.41 bits per heavy atom. The first kappa shape index (κ1) is 16.9. The molecule has 0 unspecified atom stereocenters. The highest BCUT2D eigenvalue weighted by molar-refractivity contribution is 5.86. The summed E-state index contributed by atoms with van der Waals surface area (Å²) in [7, 11) is 0. The third-order valence-electron chi connectivity index (χ3n) is 4.34. The van der Waals surface area contributed by atoms with E-state index < -0.39 is 5.41 Å². The van der Waals surface area contributed by atoms with Crippen LogP contribution in [0.2, 0.25) is 0 Å². The summed E-state index contributed by atoms with van der Waals surface area (Å²) in [6.45, 7) is 8.44. The van der Waals surface area contributed by atoms with Crippen molar-refractivity contribution in [2.24, 2.45) is 11.7 Å². The summed E-state index contributed by atoms with van der Waals surface area (Å²) in [6.07, 6.45) is 3.17. The Bertz CT molecular complexity index is 472. The molecule has 2 heterocycles. The number of carbonyl (C=O) groups is 1. The predicted molar refractivity (Wildman–Crippen MR) is 86.4 cm³/mol. The highest BCUT2D eigenvalue weighted by Crippen LogP contribution is 2.34. The molecule has 1 fully saturated rings. The molecule has 1 aromatic heterocycles. The van der Waals surface area contributed by atoms with Gasteiger partial charge >= 0.3 is 0 Å². The summed E-state index contributed by atoms with van der Waals surface area (Å²) in [5.41, 5.74) is 5.95. The molecule has 0 radical (unpaired) electrons. The maximum atomic E-state index is 12.4. The fraction of sp³-hybridized carbons (Fsp3) is 0.647. The van der Waals surface area contributed by atoms with Crippen LogP contribution in [0.25, 0.3) is 0 Å². The van der Waals surface area contributed by atoms with Crippen LogP contribution >= 0.6 is 0 Å². The minimum atomic E-state index is -0.687. The fourth-order valence-electron chi connectivity index (χ4n) is 3.20. The second kappa shape index (κ2) is 7.70. The molecule has 1 aliphatic rings. The van der Waals surface area contributed by atoms with Gasteiger partial charge in [0.15, 0.2) is 0 Å². The van der Waals surface area contributed by atoms with E-state index in [0.717, 1.165) is 45.0 Å². The second-order valence-corrected chi connectivity index (χ2v) is 6.46. The summed E-state index contributed by atoms with van der Waals surface area (Å²) in [5, 5.41) is 0. The van der Waals surface area contributed by atoms with Gasteiger partial charge < -0.3 is 10.5 Å². The summed E-state index contributed by atoms with van der Waals surface area (Å²) in [5.74, 6) is 0.104. The number of primary amides is 1. The van der Waals surface area contributed by atoms with Crippen LogP contribution in [-0.2, 0) is 14.9 Å². The molecular weight excluding hydrogens is 278 g/mol. The molecule has 0 bridgehead atoms. The zero-order valence-corrected chi connectivity index (χ0v) is 13.6. The SMILES string of the molecule is CC(C)C[C@](CCN1CCOCC1)(C(N)=O)c1ccccn1. The molecule has 0 spiro atoms. The highest BCUT2D eigenvalue weighted by Gasteiger charge is 2.40. The van der Waals surface area contributed by atoms with Gasteiger partial charge in [-0.2, -0.15) is 0 Å². The Morgan fingerprint density at radius 2 is 2.14 bits per heavy atom. The molecule has 0 aromatic carbocycles. The van der Waals surface area contributed by atoms with Gasteiger partial charge in [-0.05, 0) is 37.4 Å². The van der Waals surface area contributed by atoms with E-state index >= 15 is 0 Å². The number of ether oxygens (including phenoxy) is 1. The van der Waals surface area contributed by atoms with Gasteiger partial charge in [0.2, 0.25) is 5.91 Å². The van der Waals surface area contributed by atoms with Crippen LogP contribution in [0.15, 0.2) is 24.4 Å². The van der Waals surface area contributed by atoms with Crippen LogP contribution in [-0.4, -0.2) is 48.6 Å². The van der Waals surface area contributed by atoms with Crippen molar-refractivity contribution >= 4 is 5.91 Å². The van der Waals surface area contributed by atoms with Gasteiger partial charge in [0, 0.05) is 19.3 Å². The Morgan fingerprint density at radius 3 is 2.68 bits per heavy atom. The average molecular weight is 305 g/mol. The third-order valence-corrected chi connectivity index (χ3v) is 4.34. The number of aromatic nitrogens is 1. The molecule has 1 aromatic rings. The molecule has 5 nitrogen and oxygen atoms in total. The lowest BCUT2D eigenvalue weighted by atomic mass is 9.73. The molecule has 0 saturated carbocycles. The molecule has 1 atom stereocenters. The lowest BCUT2D eigenvalue weighted by molar-refractivity contribution is -0.125. The maximum Gasteiger partial charge on any atom is 0.229 e. The molecule has 2 N–H and O–H groups in total. The number of carbonyl (C=O) groups excluding carboxylic acids is 1. The van der Waals surface area contributed by atoms with Crippen LogP contribution in [0.3, 0.4) is 0 Å². The highest BCUT2D eigenvalue weighted by atomic mass is 16.5. The predicted octanol–water partition coefficient (Wildman–Crippen LogP) is 1.57. The number of morpholine rings is 1. The largest absolute Gasteiger partial charge is 0.379 e. The lowest BCUT2D eigenvalue weighted by Gasteiger charge is -2.35. The second-order valence-electron chi connectivity index (χ2n) is 6.46. The number of pyridine rings is 1. The van der Waals surface area contributed by atoms with E-state index in [1.54, 1.807) is 6.20 Å². The van der Waals surface area contributed by atoms with Crippen LogP contribution < -0.4 is 5.73 Å². The van der Waals surface area contributed by atoms with E-state index in [0.29, 0.717) is 12.3 Å². The zero-order chi connectivity index (χ0) is 16.0. The van der Waals surface area contributed by atoms with Crippen LogP contribution in [0, 0.1) is 5.92 Å². The monoisotopic (exact) mass is 305 g/mol. The first-order valence-electron chi connectivity index (χ1n) is 8.06.